The Balaban J connectivity index is 0.000000173. The number of aromatic hydroxyl groups is 4. The van der Waals surface area contributed by atoms with Crippen molar-refractivity contribution in [2.45, 2.75) is 228 Å². The Bertz CT molecular complexity index is 2800. The van der Waals surface area contributed by atoms with Crippen LogP contribution >= 0.6 is 0 Å². The molecule has 6 aliphatic rings. The van der Waals surface area contributed by atoms with Crippen molar-refractivity contribution >= 4 is 11.9 Å². The first-order valence-corrected chi connectivity index (χ1v) is 33.5. The molecule has 0 aliphatic heterocycles. The number of phenols is 4. The first kappa shape index (κ1) is 69.6. The van der Waals surface area contributed by atoms with E-state index in [9.17, 15) is 9.59 Å². The van der Waals surface area contributed by atoms with Crippen LogP contribution in [0.2, 0.25) is 0 Å². The summed E-state index contributed by atoms with van der Waals surface area (Å²) in [4.78, 5) is 25.4. The average Bonchev–Trinajstić information content (AvgIpc) is 1.30. The van der Waals surface area contributed by atoms with Crippen LogP contribution in [0.25, 0.3) is 0 Å². The molecule has 0 radical (unpaired) electrons. The average molecular weight is 1190 g/mol. The molecule has 6 atom stereocenters. The number of rotatable bonds is 16. The summed E-state index contributed by atoms with van der Waals surface area (Å²) < 4.78 is 11.5. The molecular formula is C79H108O8. The van der Waals surface area contributed by atoms with Crippen LogP contribution in [-0.4, -0.2) is 32.4 Å². The summed E-state index contributed by atoms with van der Waals surface area (Å²) in [6.45, 7) is 26.2. The second-order valence-corrected chi connectivity index (χ2v) is 26.8. The van der Waals surface area contributed by atoms with Gasteiger partial charge in [-0.3, -0.25) is 9.59 Å². The predicted molar refractivity (Wildman–Crippen MR) is 358 cm³/mol. The van der Waals surface area contributed by atoms with Crippen LogP contribution in [0.3, 0.4) is 0 Å². The van der Waals surface area contributed by atoms with E-state index in [-0.39, 0.29) is 22.8 Å². The molecule has 87 heavy (non-hydrogen) atoms. The lowest BCUT2D eigenvalue weighted by atomic mass is 9.49. The number of hydrogen-bond donors (Lipinski definition) is 4. The summed E-state index contributed by atoms with van der Waals surface area (Å²) in [5, 5.41) is 36.2. The zero-order valence-corrected chi connectivity index (χ0v) is 55.1. The lowest BCUT2D eigenvalue weighted by Crippen LogP contribution is -2.51. The summed E-state index contributed by atoms with van der Waals surface area (Å²) in [5.41, 5.74) is 7.42. The molecule has 8 nitrogen and oxygen atoms in total. The lowest BCUT2D eigenvalue weighted by Gasteiger charge is -2.55. The highest BCUT2D eigenvalue weighted by molar-refractivity contribution is 5.80. The third-order valence-electron chi connectivity index (χ3n) is 20.5. The van der Waals surface area contributed by atoms with E-state index in [2.05, 4.69) is 107 Å². The maximum Gasteiger partial charge on any atom is 0.317 e. The fourth-order valence-corrected chi connectivity index (χ4v) is 13.7. The minimum Gasteiger partial charge on any atom is -0.508 e. The number of carbonyl (C=O) groups excluding carboxylic acids is 2. The Hall–Kier alpha value is -6.54. The molecule has 12 rings (SSSR count). The number of benzene rings is 6. The molecule has 6 aromatic rings. The van der Waals surface area contributed by atoms with Gasteiger partial charge in [-0.1, -0.05) is 156 Å². The highest BCUT2D eigenvalue weighted by atomic mass is 16.5. The van der Waals surface area contributed by atoms with Gasteiger partial charge in [0.2, 0.25) is 0 Å². The molecule has 6 bridgehead atoms. The van der Waals surface area contributed by atoms with Gasteiger partial charge in [-0.2, -0.15) is 0 Å². The van der Waals surface area contributed by atoms with E-state index in [0.717, 1.165) is 106 Å². The molecule has 0 aromatic heterocycles. The van der Waals surface area contributed by atoms with Crippen molar-refractivity contribution in [3.05, 3.63) is 179 Å². The maximum absolute atomic E-state index is 12.9. The third kappa shape index (κ3) is 20.2. The Labute approximate surface area is 524 Å². The Morgan fingerprint density at radius 1 is 0.368 bits per heavy atom. The van der Waals surface area contributed by atoms with E-state index in [1.807, 2.05) is 78.9 Å². The van der Waals surface area contributed by atoms with Gasteiger partial charge >= 0.3 is 11.9 Å². The number of ether oxygens (including phenoxy) is 2. The van der Waals surface area contributed by atoms with Gasteiger partial charge in [0.1, 0.15) is 34.5 Å². The van der Waals surface area contributed by atoms with Gasteiger partial charge < -0.3 is 29.9 Å². The van der Waals surface area contributed by atoms with Crippen molar-refractivity contribution in [3.8, 4) is 34.5 Å². The minimum atomic E-state index is -0.163. The standard InChI is InChI=1S/C21H28O2.C18H24O2.4C10H14O/c1-3-14(2)18-4-6-19(7-5-18)23-20(22)21-11-15-8-16(12-21)10-17(9-15)13-21;1-3-13(2)15-4-6-16(7-5-15)20-17(19)18-10-8-14(12-18)9-11-18;3*1-3-8(2)9-4-6-10(11)7-5-9;1-3-8(2)9-5-4-6-10(11)7-9/h4-7,14-17H,3,8-13H2,1-2H3;4-7,13-14H,3,8-12H2,1-2H3;4*4-8,11H,3H2,1-2H3. The van der Waals surface area contributed by atoms with Gasteiger partial charge in [0, 0.05) is 0 Å². The monoisotopic (exact) mass is 1180 g/mol. The van der Waals surface area contributed by atoms with Crippen LogP contribution < -0.4 is 9.47 Å². The number of carbonyl (C=O) groups is 2. The van der Waals surface area contributed by atoms with Crippen LogP contribution in [0.1, 0.15) is 261 Å². The van der Waals surface area contributed by atoms with Crippen molar-refractivity contribution in [2.75, 3.05) is 0 Å². The summed E-state index contributed by atoms with van der Waals surface area (Å²) >= 11 is 0. The maximum atomic E-state index is 12.9. The Morgan fingerprint density at radius 2 is 0.644 bits per heavy atom. The van der Waals surface area contributed by atoms with Gasteiger partial charge in [0.15, 0.2) is 0 Å². The van der Waals surface area contributed by atoms with Gasteiger partial charge in [-0.05, 0) is 275 Å². The van der Waals surface area contributed by atoms with Gasteiger partial charge in [-0.25, -0.2) is 0 Å². The van der Waals surface area contributed by atoms with Crippen molar-refractivity contribution in [2.24, 2.45) is 34.5 Å². The van der Waals surface area contributed by atoms with Crippen molar-refractivity contribution in [1.29, 1.82) is 0 Å². The molecular weight excluding hydrogens is 1080 g/mol. The van der Waals surface area contributed by atoms with Crippen molar-refractivity contribution in [3.63, 3.8) is 0 Å². The number of phenolic OH excluding ortho intramolecular Hbond substituents is 4. The highest BCUT2D eigenvalue weighted by Crippen LogP contribution is 2.60. The fourth-order valence-electron chi connectivity index (χ4n) is 13.7. The highest BCUT2D eigenvalue weighted by Gasteiger charge is 2.56. The minimum absolute atomic E-state index is 0.00814. The van der Waals surface area contributed by atoms with Crippen LogP contribution in [0.5, 0.6) is 34.5 Å². The molecule has 8 heteroatoms. The zero-order chi connectivity index (χ0) is 63.3. The van der Waals surface area contributed by atoms with Crippen molar-refractivity contribution in [1.82, 2.24) is 0 Å². The molecule has 4 N–H and O–H groups in total. The van der Waals surface area contributed by atoms with Gasteiger partial charge in [-0.15, -0.1) is 0 Å². The second-order valence-electron chi connectivity index (χ2n) is 26.8. The molecule has 0 amide bonds. The molecule has 6 aromatic carbocycles. The van der Waals surface area contributed by atoms with E-state index >= 15 is 0 Å². The second kappa shape index (κ2) is 33.7. The largest absolute Gasteiger partial charge is 0.508 e. The van der Waals surface area contributed by atoms with Crippen LogP contribution in [0.15, 0.2) is 146 Å². The van der Waals surface area contributed by atoms with Crippen LogP contribution in [0.4, 0.5) is 0 Å². The predicted octanol–water partition coefficient (Wildman–Crippen LogP) is 21.6. The molecule has 0 saturated heterocycles. The summed E-state index contributed by atoms with van der Waals surface area (Å²) in [7, 11) is 0. The van der Waals surface area contributed by atoms with Gasteiger partial charge in [0.05, 0.1) is 10.8 Å². The Kier molecular flexibility index (Phi) is 27.0. The lowest BCUT2D eigenvalue weighted by molar-refractivity contribution is -0.161. The number of fused-ring (bicyclic) bond motifs is 2. The van der Waals surface area contributed by atoms with Crippen molar-refractivity contribution < 1.29 is 39.5 Å². The molecule has 0 spiro atoms. The molecule has 6 fully saturated rings. The molecule has 6 unspecified atom stereocenters. The third-order valence-corrected chi connectivity index (χ3v) is 20.5. The first-order chi connectivity index (χ1) is 41.6. The fraction of sp³-hybridized carbons (Fsp3) is 0.519. The van der Waals surface area contributed by atoms with E-state index in [1.165, 1.54) is 65.5 Å². The topological polar surface area (TPSA) is 134 Å². The summed E-state index contributed by atoms with van der Waals surface area (Å²) in [5.74, 6) is 9.43. The number of esters is 2. The Morgan fingerprint density at radius 3 is 0.920 bits per heavy atom. The van der Waals surface area contributed by atoms with E-state index < -0.39 is 0 Å². The smallest absolute Gasteiger partial charge is 0.317 e. The molecule has 472 valence electrons. The molecule has 6 saturated carbocycles. The number of hydrogen-bond acceptors (Lipinski definition) is 8. The van der Waals surface area contributed by atoms with E-state index in [1.54, 1.807) is 42.5 Å². The zero-order valence-electron chi connectivity index (χ0n) is 55.1. The van der Waals surface area contributed by atoms with E-state index in [0.29, 0.717) is 64.3 Å². The summed E-state index contributed by atoms with van der Waals surface area (Å²) in [6.07, 6.45) is 19.6. The first-order valence-electron chi connectivity index (χ1n) is 33.5. The van der Waals surface area contributed by atoms with Crippen LogP contribution in [0, 0.1) is 34.5 Å². The van der Waals surface area contributed by atoms with Gasteiger partial charge in [0.25, 0.3) is 0 Å². The van der Waals surface area contributed by atoms with E-state index in [4.69, 9.17) is 29.9 Å². The quantitative estimate of drug-likeness (QED) is 0.0556. The normalized spacial score (nSPS) is 22.8. The molecule has 6 aliphatic carbocycles. The van der Waals surface area contributed by atoms with Crippen LogP contribution in [-0.2, 0) is 9.59 Å². The summed E-state index contributed by atoms with van der Waals surface area (Å²) in [6, 6.07) is 46.0. The SMILES string of the molecule is CCC(C)c1ccc(O)cc1.CCC(C)c1ccc(O)cc1.CCC(C)c1ccc(O)cc1.CCC(C)c1ccc(OC(=O)C23CC4CC(CC(C4)C2)C3)cc1.CCC(C)c1ccc(OC(=O)C23CCC(CC2)C3)cc1.CCC(C)c1cccc(O)c1. The molecule has 0 heterocycles.